The third-order valence-corrected chi connectivity index (χ3v) is 9.83. The van der Waals surface area contributed by atoms with Crippen LogP contribution in [0.2, 0.25) is 0 Å². The number of aliphatic imine (C=N–C) groups is 2. The summed E-state index contributed by atoms with van der Waals surface area (Å²) in [7, 11) is 3.85. The quantitative estimate of drug-likeness (QED) is 0.0357. The molecule has 1 fully saturated rings. The van der Waals surface area contributed by atoms with Crippen LogP contribution in [0.5, 0.6) is 0 Å². The van der Waals surface area contributed by atoms with Crippen molar-refractivity contribution in [3.05, 3.63) is 35.4 Å². The lowest BCUT2D eigenvalue weighted by Gasteiger charge is -2.44. The van der Waals surface area contributed by atoms with Crippen LogP contribution in [0.3, 0.4) is 0 Å². The number of nitrogens with zero attached hydrogens (tertiary/aromatic N) is 3. The highest BCUT2D eigenvalue weighted by Gasteiger charge is 2.41. The van der Waals surface area contributed by atoms with Crippen molar-refractivity contribution in [2.75, 3.05) is 99.7 Å². The van der Waals surface area contributed by atoms with Gasteiger partial charge in [-0.3, -0.25) is 14.4 Å². The van der Waals surface area contributed by atoms with Gasteiger partial charge < -0.3 is 81.7 Å². The molecule has 0 aromatic heterocycles. The molecule has 1 saturated carbocycles. The molecule has 1 aliphatic carbocycles. The van der Waals surface area contributed by atoms with Gasteiger partial charge in [-0.25, -0.2) is 29.2 Å². The van der Waals surface area contributed by atoms with Gasteiger partial charge in [0.15, 0.2) is 0 Å². The zero-order valence-electron chi connectivity index (χ0n) is 45.3. The van der Waals surface area contributed by atoms with E-state index in [0.29, 0.717) is 32.5 Å². The van der Waals surface area contributed by atoms with E-state index in [1.165, 1.54) is 25.1 Å². The van der Waals surface area contributed by atoms with E-state index in [1.807, 2.05) is 19.0 Å². The number of rotatable bonds is 26. The summed E-state index contributed by atoms with van der Waals surface area (Å²) in [5.74, 6) is -5.18. The van der Waals surface area contributed by atoms with Crippen molar-refractivity contribution < 1.29 is 105 Å². The minimum atomic E-state index is -1.39. The van der Waals surface area contributed by atoms with Gasteiger partial charge in [-0.05, 0) is 95.0 Å². The number of aromatic carboxylic acids is 2. The van der Waals surface area contributed by atoms with Crippen LogP contribution < -0.4 is 5.32 Å². The Morgan fingerprint density at radius 2 is 1.08 bits per heavy atom. The fourth-order valence-electron chi connectivity index (χ4n) is 5.72. The number of carbonyl (C=O) groups excluding carboxylic acids is 2. The van der Waals surface area contributed by atoms with E-state index < -0.39 is 48.5 Å². The average Bonchev–Trinajstić information content (AvgIpc) is 3.34. The number of carbonyl (C=O) groups is 5. The minimum Gasteiger partial charge on any atom is -0.481 e. The van der Waals surface area contributed by atoms with Gasteiger partial charge in [-0.1, -0.05) is 53.5 Å². The molecule has 1 aromatic carbocycles. The number of isocyanates is 2. The molecular weight excluding hydrogens is 993 g/mol. The maximum Gasteiger partial charge on any atom is 0.335 e. The standard InChI is InChI=1S/C12H18N2O2.C8H6O4.C6H10O4.C6H14O2.C5H10O4.C5H12O2.C4H11NO2.C4H11NO/c1-11(2)4-10(14-9-16)5-12(3,6-11)7-13-8-15;9-7(10)5-2-1-3-6(4-5)8(11)12;7-5(8)3-1-2-4-6(9)10;7-5-3-1-2-4-6-8;1-5(2-6,3-7)4(8)9;1-5(2,3-6)4-7;6-3-1-5-2-4-7;1-5(2)3-4-6/h10H,4-7H2,1-3H3;1-4H,(H,9,10)(H,11,12);1-4H2,(H,7,8)(H,9,10);7-8H,1-6H2;6-7H,2-3H2,1H3,(H,8,9);6-7H,3-4H2,1-2H3;5-7H,1-4H2;6H,3-4H2,1-2H3. The molecule has 0 radical (unpaired) electrons. The first-order valence-corrected chi connectivity index (χ1v) is 24.1. The first-order valence-electron chi connectivity index (χ1n) is 24.1. The number of aliphatic carboxylic acids is 3. The van der Waals surface area contributed by atoms with E-state index in [0.717, 1.165) is 57.6 Å². The number of hydrogen-bond acceptors (Lipinski definition) is 20. The highest BCUT2D eigenvalue weighted by molar-refractivity contribution is 5.93. The number of benzene rings is 1. The number of nitrogens with one attached hydrogen (secondary N) is 1. The summed E-state index contributed by atoms with van der Waals surface area (Å²) in [6.45, 7) is 13.7. The molecule has 2 atom stereocenters. The van der Waals surface area contributed by atoms with Crippen molar-refractivity contribution in [2.45, 2.75) is 118 Å². The second kappa shape index (κ2) is 51.0. The summed E-state index contributed by atoms with van der Waals surface area (Å²) in [6, 6.07) is 5.20. The molecule has 0 spiro atoms. The highest BCUT2D eigenvalue weighted by atomic mass is 16.4. The van der Waals surface area contributed by atoms with E-state index in [-0.39, 0.29) is 92.5 Å². The van der Waals surface area contributed by atoms with Crippen molar-refractivity contribution in [1.82, 2.24) is 10.2 Å². The van der Waals surface area contributed by atoms with E-state index in [1.54, 1.807) is 26.0 Å². The maximum absolute atomic E-state index is 10.4. The van der Waals surface area contributed by atoms with Gasteiger partial charge >= 0.3 is 29.8 Å². The number of unbranched alkanes of at least 4 members (excludes halogenated alkanes) is 4. The molecule has 75 heavy (non-hydrogen) atoms. The topological polar surface area (TPSA) is 443 Å². The minimum absolute atomic E-state index is 0.00750. The van der Waals surface area contributed by atoms with E-state index in [9.17, 15) is 33.6 Å². The average molecular weight is 1090 g/mol. The van der Waals surface area contributed by atoms with Crippen molar-refractivity contribution in [3.8, 4) is 0 Å². The van der Waals surface area contributed by atoms with Gasteiger partial charge in [0.1, 0.15) is 5.41 Å². The first kappa shape index (κ1) is 81.3. The smallest absolute Gasteiger partial charge is 0.335 e. The Kier molecular flexibility index (Phi) is 55.3. The van der Waals surface area contributed by atoms with E-state index >= 15 is 0 Å². The van der Waals surface area contributed by atoms with Gasteiger partial charge in [0.05, 0.1) is 70.0 Å². The lowest BCUT2D eigenvalue weighted by molar-refractivity contribution is -0.153. The molecule has 0 amide bonds. The Morgan fingerprint density at radius 3 is 1.33 bits per heavy atom. The Hall–Kier alpha value is -5.11. The number of aliphatic hydroxyl groups is 9. The largest absolute Gasteiger partial charge is 0.481 e. The molecule has 0 heterocycles. The fraction of sp³-hybridized carbons (Fsp3) is 0.740. The molecule has 15 N–H and O–H groups in total. The lowest BCUT2D eigenvalue weighted by atomic mass is 9.63. The molecule has 1 aliphatic rings. The summed E-state index contributed by atoms with van der Waals surface area (Å²) < 4.78 is 0. The Labute approximate surface area is 441 Å². The molecule has 2 unspecified atom stereocenters. The third-order valence-electron chi connectivity index (χ3n) is 9.83. The van der Waals surface area contributed by atoms with Crippen molar-refractivity contribution >= 4 is 42.0 Å². The first-order chi connectivity index (χ1) is 34.9. The lowest BCUT2D eigenvalue weighted by Crippen LogP contribution is -2.39. The van der Waals surface area contributed by atoms with Crippen LogP contribution in [-0.2, 0) is 24.0 Å². The number of carboxylic acid groups (broad SMARTS) is 5. The number of carboxylic acids is 5. The summed E-state index contributed by atoms with van der Waals surface area (Å²) in [6.07, 6.45) is 10.7. The molecular formula is C50H92N4O21. The van der Waals surface area contributed by atoms with Gasteiger partial charge in [0.2, 0.25) is 12.2 Å². The van der Waals surface area contributed by atoms with Crippen LogP contribution in [0, 0.1) is 21.7 Å². The van der Waals surface area contributed by atoms with Crippen LogP contribution >= 0.6 is 0 Å². The van der Waals surface area contributed by atoms with Crippen LogP contribution in [0.1, 0.15) is 133 Å². The zero-order chi connectivity index (χ0) is 59.5. The van der Waals surface area contributed by atoms with Gasteiger partial charge in [0, 0.05) is 51.1 Å². The highest BCUT2D eigenvalue weighted by Crippen LogP contribution is 2.47. The predicted octanol–water partition coefficient (Wildman–Crippen LogP) is 1.73. The van der Waals surface area contributed by atoms with Crippen LogP contribution in [-0.4, -0.2) is 224 Å². The van der Waals surface area contributed by atoms with Crippen LogP contribution in [0.25, 0.3) is 0 Å². The molecule has 0 saturated heterocycles. The van der Waals surface area contributed by atoms with Crippen LogP contribution in [0.15, 0.2) is 34.3 Å². The fourth-order valence-corrected chi connectivity index (χ4v) is 5.72. The van der Waals surface area contributed by atoms with Gasteiger partial charge in [-0.2, -0.15) is 0 Å². The second-order valence-electron chi connectivity index (χ2n) is 19.3. The predicted molar refractivity (Wildman–Crippen MR) is 278 cm³/mol. The van der Waals surface area contributed by atoms with Gasteiger partial charge in [0.25, 0.3) is 0 Å². The summed E-state index contributed by atoms with van der Waals surface area (Å²) in [5, 5.41) is 119. The van der Waals surface area contributed by atoms with Crippen molar-refractivity contribution in [3.63, 3.8) is 0 Å². The van der Waals surface area contributed by atoms with E-state index in [4.69, 9.17) is 71.5 Å². The summed E-state index contributed by atoms with van der Waals surface area (Å²) in [5.41, 5.74) is -1.68. The third kappa shape index (κ3) is 56.5. The SMILES string of the molecule is CC(C)(CO)CO.CC(CO)(CO)C(=O)O.CC1(C)CC(N=C=O)CC(C)(CN=C=O)C1.CN(C)CCO.O=C(O)CCCCC(=O)O.O=C(O)c1cccc(C(=O)O)c1.OCCCCCCO.OCCNCCO. The van der Waals surface area contributed by atoms with E-state index in [2.05, 4.69) is 36.1 Å². The molecule has 0 bridgehead atoms. The Morgan fingerprint density at radius 1 is 0.640 bits per heavy atom. The van der Waals surface area contributed by atoms with Crippen molar-refractivity contribution in [1.29, 1.82) is 0 Å². The molecule has 0 aliphatic heterocycles. The molecule has 25 nitrogen and oxygen atoms in total. The van der Waals surface area contributed by atoms with Crippen molar-refractivity contribution in [2.24, 2.45) is 31.6 Å². The molecule has 2 rings (SSSR count). The zero-order valence-corrected chi connectivity index (χ0v) is 45.3. The molecule has 438 valence electrons. The monoisotopic (exact) mass is 1080 g/mol. The van der Waals surface area contributed by atoms with Crippen LogP contribution in [0.4, 0.5) is 0 Å². The van der Waals surface area contributed by atoms with Gasteiger partial charge in [-0.15, -0.1) is 0 Å². The number of likely N-dealkylation sites (N-methyl/N-ethyl adjacent to an activating group) is 1. The summed E-state index contributed by atoms with van der Waals surface area (Å²) in [4.78, 5) is 80.7. The Balaban J connectivity index is -0.000000185. The normalized spacial score (nSPS) is 14.8. The maximum atomic E-state index is 10.4. The molecule has 25 heteroatoms. The Bertz CT molecular complexity index is 1660. The number of hydrogen-bond donors (Lipinski definition) is 15. The number of aliphatic hydroxyl groups excluding tert-OH is 9. The summed E-state index contributed by atoms with van der Waals surface area (Å²) >= 11 is 0. The molecule has 1 aromatic rings. The second-order valence-corrected chi connectivity index (χ2v) is 19.3.